The Bertz CT molecular complexity index is 752. The third-order valence-corrected chi connectivity index (χ3v) is 4.98. The summed E-state index contributed by atoms with van der Waals surface area (Å²) >= 11 is 0. The molecule has 0 saturated carbocycles. The summed E-state index contributed by atoms with van der Waals surface area (Å²) in [6.07, 6.45) is 4.85. The molecule has 0 fully saturated rings. The second-order valence-electron chi connectivity index (χ2n) is 7.90. The van der Waals surface area contributed by atoms with E-state index >= 15 is 0 Å². The highest BCUT2D eigenvalue weighted by atomic mass is 16.5. The molecule has 0 spiro atoms. The van der Waals surface area contributed by atoms with Crippen LogP contribution in [0.2, 0.25) is 0 Å². The second-order valence-corrected chi connectivity index (χ2v) is 7.90. The third-order valence-electron chi connectivity index (χ3n) is 4.98. The van der Waals surface area contributed by atoms with Crippen LogP contribution in [-0.2, 0) is 24.1 Å². The Morgan fingerprint density at radius 1 is 1.08 bits per heavy atom. The van der Waals surface area contributed by atoms with Gasteiger partial charge in [0.05, 0.1) is 0 Å². The van der Waals surface area contributed by atoms with Crippen LogP contribution in [0, 0.1) is 0 Å². The largest absolute Gasteiger partial charge is 0.481 e. The molecule has 1 aliphatic rings. The summed E-state index contributed by atoms with van der Waals surface area (Å²) in [5, 5.41) is 3.14. The summed E-state index contributed by atoms with van der Waals surface area (Å²) in [5.74, 6) is 0.796. The van der Waals surface area contributed by atoms with Gasteiger partial charge < -0.3 is 10.1 Å². The van der Waals surface area contributed by atoms with Crippen molar-refractivity contribution >= 4 is 5.91 Å². The van der Waals surface area contributed by atoms with E-state index in [9.17, 15) is 4.79 Å². The van der Waals surface area contributed by atoms with E-state index in [-0.39, 0.29) is 11.4 Å². The maximum atomic E-state index is 12.7. The quantitative estimate of drug-likeness (QED) is 0.834. The SMILES string of the molecule is C[C@H](Oc1cccc2c1CCCC2)C(=O)NC(C)(C)Cc1ccccc1. The summed E-state index contributed by atoms with van der Waals surface area (Å²) in [6.45, 7) is 5.93. The molecule has 3 heteroatoms. The fourth-order valence-electron chi connectivity index (χ4n) is 3.69. The predicted octanol–water partition coefficient (Wildman–Crippen LogP) is 4.47. The molecular formula is C23H29NO2. The molecule has 2 aromatic carbocycles. The average Bonchev–Trinajstić information content (AvgIpc) is 2.62. The first kappa shape index (κ1) is 18.5. The van der Waals surface area contributed by atoms with Gasteiger partial charge in [-0.1, -0.05) is 42.5 Å². The number of nitrogens with one attached hydrogen (secondary N) is 1. The van der Waals surface area contributed by atoms with E-state index in [4.69, 9.17) is 4.74 Å². The van der Waals surface area contributed by atoms with Gasteiger partial charge in [0.2, 0.25) is 0 Å². The highest BCUT2D eigenvalue weighted by molar-refractivity contribution is 5.81. The van der Waals surface area contributed by atoms with E-state index in [1.165, 1.54) is 29.5 Å². The third kappa shape index (κ3) is 4.66. The summed E-state index contributed by atoms with van der Waals surface area (Å²) in [7, 11) is 0. The molecule has 1 amide bonds. The van der Waals surface area contributed by atoms with Gasteiger partial charge in [-0.15, -0.1) is 0 Å². The molecule has 3 nitrogen and oxygen atoms in total. The minimum absolute atomic E-state index is 0.0701. The maximum Gasteiger partial charge on any atom is 0.261 e. The summed E-state index contributed by atoms with van der Waals surface area (Å²) in [4.78, 5) is 12.7. The van der Waals surface area contributed by atoms with Crippen molar-refractivity contribution in [3.63, 3.8) is 0 Å². The number of fused-ring (bicyclic) bond motifs is 1. The minimum Gasteiger partial charge on any atom is -0.481 e. The van der Waals surface area contributed by atoms with Crippen molar-refractivity contribution in [1.82, 2.24) is 5.32 Å². The molecule has 0 unspecified atom stereocenters. The lowest BCUT2D eigenvalue weighted by molar-refractivity contribution is -0.128. The van der Waals surface area contributed by atoms with E-state index in [2.05, 4.69) is 37.4 Å². The first-order valence-corrected chi connectivity index (χ1v) is 9.58. The van der Waals surface area contributed by atoms with Crippen molar-refractivity contribution in [3.05, 3.63) is 65.2 Å². The van der Waals surface area contributed by atoms with Gasteiger partial charge in [-0.25, -0.2) is 0 Å². The van der Waals surface area contributed by atoms with Crippen molar-refractivity contribution < 1.29 is 9.53 Å². The maximum absolute atomic E-state index is 12.7. The van der Waals surface area contributed by atoms with Gasteiger partial charge >= 0.3 is 0 Å². The number of amides is 1. The molecule has 0 radical (unpaired) electrons. The zero-order chi connectivity index (χ0) is 18.6. The lowest BCUT2D eigenvalue weighted by Crippen LogP contribution is -2.49. The van der Waals surface area contributed by atoms with Crippen molar-refractivity contribution in [2.45, 2.75) is 64.5 Å². The molecule has 2 aromatic rings. The van der Waals surface area contributed by atoms with Crippen LogP contribution >= 0.6 is 0 Å². The number of hydrogen-bond donors (Lipinski definition) is 1. The average molecular weight is 351 g/mol. The van der Waals surface area contributed by atoms with Crippen LogP contribution in [0.1, 0.15) is 50.3 Å². The lowest BCUT2D eigenvalue weighted by atomic mass is 9.91. The van der Waals surface area contributed by atoms with Crippen LogP contribution in [0.5, 0.6) is 5.75 Å². The first-order chi connectivity index (χ1) is 12.4. The Balaban J connectivity index is 1.63. The van der Waals surface area contributed by atoms with Crippen LogP contribution < -0.4 is 10.1 Å². The van der Waals surface area contributed by atoms with Gasteiger partial charge in [-0.05, 0) is 75.6 Å². The molecule has 0 aliphatic heterocycles. The van der Waals surface area contributed by atoms with Crippen LogP contribution in [-0.4, -0.2) is 17.6 Å². The smallest absolute Gasteiger partial charge is 0.261 e. The zero-order valence-electron chi connectivity index (χ0n) is 16.0. The summed E-state index contributed by atoms with van der Waals surface area (Å²) in [6, 6.07) is 16.4. The number of carbonyl (C=O) groups is 1. The van der Waals surface area contributed by atoms with Gasteiger partial charge in [0.15, 0.2) is 6.10 Å². The predicted molar refractivity (Wildman–Crippen MR) is 106 cm³/mol. The molecule has 0 heterocycles. The number of benzene rings is 2. The van der Waals surface area contributed by atoms with Gasteiger partial charge in [0.25, 0.3) is 5.91 Å². The van der Waals surface area contributed by atoms with Crippen LogP contribution in [0.3, 0.4) is 0 Å². The second kappa shape index (κ2) is 7.94. The topological polar surface area (TPSA) is 38.3 Å². The minimum atomic E-state index is -0.515. The fraction of sp³-hybridized carbons (Fsp3) is 0.435. The molecule has 0 bridgehead atoms. The monoisotopic (exact) mass is 351 g/mol. The van der Waals surface area contributed by atoms with E-state index in [1.54, 1.807) is 0 Å². The molecule has 3 rings (SSSR count). The molecule has 0 aromatic heterocycles. The molecule has 1 atom stereocenters. The number of aryl methyl sites for hydroxylation is 1. The Morgan fingerprint density at radius 3 is 2.58 bits per heavy atom. The van der Waals surface area contributed by atoms with Crippen molar-refractivity contribution in [2.75, 3.05) is 0 Å². The zero-order valence-corrected chi connectivity index (χ0v) is 16.0. The summed E-state index contributed by atoms with van der Waals surface area (Å²) in [5.41, 5.74) is 3.53. The van der Waals surface area contributed by atoms with E-state index in [1.807, 2.05) is 37.3 Å². The number of ether oxygens (including phenoxy) is 1. The normalized spacial score (nSPS) is 15.0. The molecule has 1 aliphatic carbocycles. The van der Waals surface area contributed by atoms with E-state index < -0.39 is 6.10 Å². The van der Waals surface area contributed by atoms with Crippen LogP contribution in [0.4, 0.5) is 0 Å². The van der Waals surface area contributed by atoms with Crippen molar-refractivity contribution in [2.24, 2.45) is 0 Å². The van der Waals surface area contributed by atoms with Crippen LogP contribution in [0.25, 0.3) is 0 Å². The van der Waals surface area contributed by atoms with Crippen molar-refractivity contribution in [3.8, 4) is 5.75 Å². The van der Waals surface area contributed by atoms with E-state index in [0.717, 1.165) is 25.0 Å². The number of hydrogen-bond acceptors (Lipinski definition) is 2. The fourth-order valence-corrected chi connectivity index (χ4v) is 3.69. The highest BCUT2D eigenvalue weighted by Gasteiger charge is 2.26. The molecule has 1 N–H and O–H groups in total. The summed E-state index contributed by atoms with van der Waals surface area (Å²) < 4.78 is 6.06. The first-order valence-electron chi connectivity index (χ1n) is 9.58. The molecular weight excluding hydrogens is 322 g/mol. The van der Waals surface area contributed by atoms with E-state index in [0.29, 0.717) is 0 Å². The highest BCUT2D eigenvalue weighted by Crippen LogP contribution is 2.30. The standard InChI is InChI=1S/C23H29NO2/c1-17(26-21-15-9-13-19-12-7-8-14-20(19)21)22(25)24-23(2,3)16-18-10-5-4-6-11-18/h4-6,9-11,13,15,17H,7-8,12,14,16H2,1-3H3,(H,24,25)/t17-/m0/s1. The van der Waals surface area contributed by atoms with Gasteiger partial charge in [0, 0.05) is 5.54 Å². The van der Waals surface area contributed by atoms with Crippen molar-refractivity contribution in [1.29, 1.82) is 0 Å². The Morgan fingerprint density at radius 2 is 1.81 bits per heavy atom. The molecule has 26 heavy (non-hydrogen) atoms. The Hall–Kier alpha value is -2.29. The molecule has 138 valence electrons. The Labute approximate surface area is 156 Å². The number of rotatable bonds is 6. The van der Waals surface area contributed by atoms with Gasteiger partial charge in [0.1, 0.15) is 5.75 Å². The molecule has 0 saturated heterocycles. The van der Waals surface area contributed by atoms with Crippen LogP contribution in [0.15, 0.2) is 48.5 Å². The number of carbonyl (C=O) groups excluding carboxylic acids is 1. The lowest BCUT2D eigenvalue weighted by Gasteiger charge is -2.29. The Kier molecular flexibility index (Phi) is 5.65. The van der Waals surface area contributed by atoms with Gasteiger partial charge in [-0.3, -0.25) is 4.79 Å². The van der Waals surface area contributed by atoms with Gasteiger partial charge in [-0.2, -0.15) is 0 Å².